The molecular weight excluding hydrogens is 244 g/mol. The van der Waals surface area contributed by atoms with E-state index in [4.69, 9.17) is 9.63 Å². The van der Waals surface area contributed by atoms with Gasteiger partial charge in [-0.3, -0.25) is 0 Å². The average molecular weight is 258 g/mol. The lowest BCUT2D eigenvalue weighted by Gasteiger charge is -2.13. The molecule has 1 heterocycles. The van der Waals surface area contributed by atoms with E-state index >= 15 is 0 Å². The lowest BCUT2D eigenvalue weighted by Crippen LogP contribution is -2.48. The summed E-state index contributed by atoms with van der Waals surface area (Å²) in [5.41, 5.74) is 0. The lowest BCUT2D eigenvalue weighted by atomic mass is 10.3. The Balaban J connectivity index is 2.25. The zero-order valence-electron chi connectivity index (χ0n) is 9.75. The molecular formula is C9H14N4O5. The Morgan fingerprint density at radius 3 is 2.94 bits per heavy atom. The van der Waals surface area contributed by atoms with Gasteiger partial charge in [-0.15, -0.1) is 0 Å². The second kappa shape index (κ2) is 7.22. The van der Waals surface area contributed by atoms with Crippen molar-refractivity contribution < 1.29 is 24.0 Å². The van der Waals surface area contributed by atoms with Crippen LogP contribution in [0.3, 0.4) is 0 Å². The third-order valence-electron chi connectivity index (χ3n) is 1.97. The number of rotatable bonds is 7. The molecule has 100 valence electrons. The first-order valence-corrected chi connectivity index (χ1v) is 5.15. The molecule has 0 radical (unpaired) electrons. The van der Waals surface area contributed by atoms with Crippen molar-refractivity contribution in [1.82, 2.24) is 20.8 Å². The van der Waals surface area contributed by atoms with Gasteiger partial charge in [-0.25, -0.2) is 9.59 Å². The highest BCUT2D eigenvalue weighted by Gasteiger charge is 2.19. The number of urea groups is 1. The molecule has 0 bridgehead atoms. The molecule has 0 fully saturated rings. The molecule has 1 rings (SSSR count). The number of aliphatic carboxylic acids is 1. The predicted octanol–water partition coefficient (Wildman–Crippen LogP) is -0.989. The number of carbonyl (C=O) groups excluding carboxylic acids is 1. The zero-order chi connectivity index (χ0) is 13.4. The summed E-state index contributed by atoms with van der Waals surface area (Å²) in [5, 5.41) is 16.9. The number of methoxy groups -OCH3 is 1. The fraction of sp³-hybridized carbons (Fsp3) is 0.556. The number of aromatic nitrogens is 2. The van der Waals surface area contributed by atoms with Gasteiger partial charge in [-0.1, -0.05) is 5.16 Å². The maximum atomic E-state index is 11.4. The highest BCUT2D eigenvalue weighted by atomic mass is 16.5. The summed E-state index contributed by atoms with van der Waals surface area (Å²) in [4.78, 5) is 25.9. The molecule has 0 aliphatic carbocycles. The van der Waals surface area contributed by atoms with E-state index in [0.29, 0.717) is 12.3 Å². The van der Waals surface area contributed by atoms with Crippen molar-refractivity contribution in [2.24, 2.45) is 0 Å². The van der Waals surface area contributed by atoms with Crippen LogP contribution in [0.15, 0.2) is 10.9 Å². The zero-order valence-corrected chi connectivity index (χ0v) is 9.75. The minimum Gasteiger partial charge on any atom is -0.480 e. The molecule has 0 aliphatic rings. The van der Waals surface area contributed by atoms with Crippen LogP contribution >= 0.6 is 0 Å². The first-order chi connectivity index (χ1) is 8.63. The second-order valence-corrected chi connectivity index (χ2v) is 3.33. The minimum absolute atomic E-state index is 0.105. The van der Waals surface area contributed by atoms with Gasteiger partial charge in [-0.2, -0.15) is 4.98 Å². The van der Waals surface area contributed by atoms with Crippen molar-refractivity contribution in [3.8, 4) is 0 Å². The van der Waals surface area contributed by atoms with Gasteiger partial charge in [0.05, 0.1) is 6.61 Å². The lowest BCUT2D eigenvalue weighted by molar-refractivity contribution is -0.140. The van der Waals surface area contributed by atoms with Gasteiger partial charge in [0.2, 0.25) is 5.89 Å². The number of nitrogens with one attached hydrogen (secondary N) is 2. The number of nitrogens with zero attached hydrogens (tertiary/aromatic N) is 2. The fourth-order valence-corrected chi connectivity index (χ4v) is 1.14. The number of hydrogen-bond acceptors (Lipinski definition) is 6. The van der Waals surface area contributed by atoms with Gasteiger partial charge < -0.3 is 25.0 Å². The van der Waals surface area contributed by atoms with Crippen LogP contribution in [-0.2, 0) is 16.0 Å². The molecule has 9 heteroatoms. The molecule has 1 unspecified atom stereocenters. The smallest absolute Gasteiger partial charge is 0.328 e. The molecule has 0 saturated carbocycles. The number of carboxylic acid groups (broad SMARTS) is 1. The number of amides is 2. The Morgan fingerprint density at radius 2 is 2.39 bits per heavy atom. The van der Waals surface area contributed by atoms with Gasteiger partial charge in [-0.05, 0) is 0 Å². The molecule has 1 atom stereocenters. The van der Waals surface area contributed by atoms with E-state index in [1.807, 2.05) is 0 Å². The fourth-order valence-electron chi connectivity index (χ4n) is 1.14. The van der Waals surface area contributed by atoms with Gasteiger partial charge in [0, 0.05) is 20.1 Å². The minimum atomic E-state index is -1.16. The quantitative estimate of drug-likeness (QED) is 0.573. The Kier molecular flexibility index (Phi) is 5.58. The molecule has 1 aromatic rings. The van der Waals surface area contributed by atoms with Crippen LogP contribution < -0.4 is 10.6 Å². The molecule has 9 nitrogen and oxygen atoms in total. The van der Waals surface area contributed by atoms with Gasteiger partial charge in [0.15, 0.2) is 12.4 Å². The monoisotopic (exact) mass is 258 g/mol. The average Bonchev–Trinajstić information content (AvgIpc) is 2.81. The van der Waals surface area contributed by atoms with E-state index in [9.17, 15) is 9.59 Å². The van der Waals surface area contributed by atoms with Crippen LogP contribution in [-0.4, -0.2) is 53.6 Å². The number of carboxylic acids is 1. The largest absolute Gasteiger partial charge is 0.480 e. The molecule has 0 aliphatic heterocycles. The summed E-state index contributed by atoms with van der Waals surface area (Å²) >= 11 is 0. The van der Waals surface area contributed by atoms with E-state index in [2.05, 4.69) is 25.5 Å². The standard InChI is InChI=1S/C9H14N4O5/c1-17-4-6(8(14)15)13-9(16)10-3-2-7-11-5-12-18-7/h5-6H,2-4H2,1H3,(H,14,15)(H2,10,13,16). The highest BCUT2D eigenvalue weighted by Crippen LogP contribution is 1.91. The van der Waals surface area contributed by atoms with Crippen LogP contribution in [0, 0.1) is 0 Å². The molecule has 18 heavy (non-hydrogen) atoms. The normalized spacial score (nSPS) is 11.8. The Morgan fingerprint density at radius 1 is 1.61 bits per heavy atom. The third kappa shape index (κ3) is 4.78. The maximum absolute atomic E-state index is 11.4. The van der Waals surface area contributed by atoms with E-state index in [1.54, 1.807) is 0 Å². The van der Waals surface area contributed by atoms with Crippen LogP contribution in [0.25, 0.3) is 0 Å². The van der Waals surface area contributed by atoms with Crippen LogP contribution in [0.1, 0.15) is 5.89 Å². The molecule has 1 aromatic heterocycles. The van der Waals surface area contributed by atoms with Crippen molar-refractivity contribution in [3.63, 3.8) is 0 Å². The van der Waals surface area contributed by atoms with Gasteiger partial charge in [0.1, 0.15) is 0 Å². The summed E-state index contributed by atoms with van der Waals surface area (Å²) in [6.07, 6.45) is 1.63. The van der Waals surface area contributed by atoms with E-state index < -0.39 is 18.0 Å². The number of ether oxygens (including phenoxy) is 1. The van der Waals surface area contributed by atoms with Crippen molar-refractivity contribution in [3.05, 3.63) is 12.2 Å². The van der Waals surface area contributed by atoms with Gasteiger partial charge in [0.25, 0.3) is 0 Å². The molecule has 0 aromatic carbocycles. The van der Waals surface area contributed by atoms with Gasteiger partial charge >= 0.3 is 12.0 Å². The van der Waals surface area contributed by atoms with E-state index in [1.165, 1.54) is 13.4 Å². The maximum Gasteiger partial charge on any atom is 0.328 e. The van der Waals surface area contributed by atoms with Crippen molar-refractivity contribution in [1.29, 1.82) is 0 Å². The Hall–Kier alpha value is -2.16. The van der Waals surface area contributed by atoms with Crippen molar-refractivity contribution in [2.75, 3.05) is 20.3 Å². The van der Waals surface area contributed by atoms with Crippen LogP contribution in [0.5, 0.6) is 0 Å². The topological polar surface area (TPSA) is 127 Å². The predicted molar refractivity (Wildman–Crippen MR) is 57.8 cm³/mol. The molecule has 0 saturated heterocycles. The Bertz CT molecular complexity index is 380. The van der Waals surface area contributed by atoms with Crippen molar-refractivity contribution >= 4 is 12.0 Å². The SMILES string of the molecule is COCC(NC(=O)NCCc1ncno1)C(=O)O. The van der Waals surface area contributed by atoms with E-state index in [-0.39, 0.29) is 13.2 Å². The number of hydrogen-bond donors (Lipinski definition) is 3. The van der Waals surface area contributed by atoms with E-state index in [0.717, 1.165) is 0 Å². The first kappa shape index (κ1) is 13.9. The van der Waals surface area contributed by atoms with Crippen molar-refractivity contribution in [2.45, 2.75) is 12.5 Å². The summed E-state index contributed by atoms with van der Waals surface area (Å²) in [7, 11) is 1.35. The van der Waals surface area contributed by atoms with Crippen LogP contribution in [0.4, 0.5) is 4.79 Å². The first-order valence-electron chi connectivity index (χ1n) is 5.15. The summed E-state index contributed by atoms with van der Waals surface area (Å²) in [6.45, 7) is 0.153. The Labute approximate surface area is 103 Å². The van der Waals surface area contributed by atoms with Crippen LogP contribution in [0.2, 0.25) is 0 Å². The second-order valence-electron chi connectivity index (χ2n) is 3.33. The number of carbonyl (C=O) groups is 2. The third-order valence-corrected chi connectivity index (χ3v) is 1.97. The molecule has 2 amide bonds. The summed E-state index contributed by atoms with van der Waals surface area (Å²) in [6, 6.07) is -1.68. The highest BCUT2D eigenvalue weighted by molar-refractivity contribution is 5.82. The molecule has 3 N–H and O–H groups in total. The summed E-state index contributed by atoms with van der Waals surface area (Å²) in [5.74, 6) is -0.772. The summed E-state index contributed by atoms with van der Waals surface area (Å²) < 4.78 is 9.40. The molecule has 0 spiro atoms.